The molecule has 70 valence electrons. The van der Waals surface area contributed by atoms with Crippen LogP contribution in [-0.4, -0.2) is 41.4 Å². The van der Waals surface area contributed by atoms with Gasteiger partial charge in [-0.2, -0.15) is 11.8 Å². The van der Waals surface area contributed by atoms with Crippen molar-refractivity contribution in [1.29, 1.82) is 0 Å². The summed E-state index contributed by atoms with van der Waals surface area (Å²) in [5.74, 6) is 1.87. The van der Waals surface area contributed by atoms with E-state index in [1.165, 1.54) is 0 Å². The van der Waals surface area contributed by atoms with Crippen molar-refractivity contribution in [2.24, 2.45) is 5.73 Å². The number of nitrogens with zero attached hydrogens (tertiary/aromatic N) is 1. The van der Waals surface area contributed by atoms with Crippen LogP contribution in [0.5, 0.6) is 0 Å². The van der Waals surface area contributed by atoms with Crippen molar-refractivity contribution in [3.8, 4) is 0 Å². The highest BCUT2D eigenvalue weighted by atomic mass is 32.2. The number of nitrogens with two attached hydrogens (primary N) is 1. The van der Waals surface area contributed by atoms with Crippen LogP contribution in [0, 0.1) is 0 Å². The summed E-state index contributed by atoms with van der Waals surface area (Å²) < 4.78 is 0. The zero-order valence-corrected chi connectivity index (χ0v) is 8.27. The second-order valence-electron chi connectivity index (χ2n) is 3.03. The largest absolute Gasteiger partial charge is 0.340 e. The maximum absolute atomic E-state index is 11.4. The van der Waals surface area contributed by atoms with Crippen molar-refractivity contribution in [2.75, 3.05) is 24.6 Å². The Morgan fingerprint density at radius 2 is 2.50 bits per heavy atom. The summed E-state index contributed by atoms with van der Waals surface area (Å²) in [6.45, 7) is 3.67. The van der Waals surface area contributed by atoms with E-state index >= 15 is 0 Å². The third kappa shape index (κ3) is 2.68. The molecule has 2 N–H and O–H groups in total. The molecule has 1 rings (SSSR count). The number of rotatable bonds is 3. The second-order valence-corrected chi connectivity index (χ2v) is 4.30. The van der Waals surface area contributed by atoms with Gasteiger partial charge in [-0.1, -0.05) is 6.92 Å². The van der Waals surface area contributed by atoms with Crippen LogP contribution in [-0.2, 0) is 4.79 Å². The zero-order chi connectivity index (χ0) is 8.97. The Labute approximate surface area is 77.7 Å². The van der Waals surface area contributed by atoms with Crippen LogP contribution < -0.4 is 5.73 Å². The van der Waals surface area contributed by atoms with Crippen molar-refractivity contribution in [3.63, 3.8) is 0 Å². The average Bonchev–Trinajstić information content (AvgIpc) is 2.47. The van der Waals surface area contributed by atoms with Crippen LogP contribution in [0.2, 0.25) is 0 Å². The van der Waals surface area contributed by atoms with Gasteiger partial charge in [0.1, 0.15) is 0 Å². The van der Waals surface area contributed by atoms with E-state index in [2.05, 4.69) is 6.92 Å². The van der Waals surface area contributed by atoms with Gasteiger partial charge < -0.3 is 10.6 Å². The molecule has 0 radical (unpaired) electrons. The lowest BCUT2D eigenvalue weighted by molar-refractivity contribution is -0.127. The molecule has 0 saturated carbocycles. The van der Waals surface area contributed by atoms with Gasteiger partial charge in [0.15, 0.2) is 0 Å². The van der Waals surface area contributed by atoms with Crippen LogP contribution in [0.4, 0.5) is 0 Å². The van der Waals surface area contributed by atoms with E-state index in [0.717, 1.165) is 25.3 Å². The van der Waals surface area contributed by atoms with Gasteiger partial charge >= 0.3 is 0 Å². The standard InChI is InChI=1S/C8H16N2OS/c1-2-12-6-8(11)10-4-3-7(9)5-10/h7H,2-6,9H2,1H3. The van der Waals surface area contributed by atoms with E-state index in [4.69, 9.17) is 5.73 Å². The van der Waals surface area contributed by atoms with Crippen LogP contribution in [0.1, 0.15) is 13.3 Å². The summed E-state index contributed by atoms with van der Waals surface area (Å²) in [5.41, 5.74) is 5.69. The van der Waals surface area contributed by atoms with Crippen LogP contribution in [0.15, 0.2) is 0 Å². The minimum Gasteiger partial charge on any atom is -0.340 e. The quantitative estimate of drug-likeness (QED) is 0.693. The molecule has 0 spiro atoms. The van der Waals surface area contributed by atoms with Crippen molar-refractivity contribution < 1.29 is 4.79 Å². The molecule has 1 aliphatic rings. The summed E-state index contributed by atoms with van der Waals surface area (Å²) in [7, 11) is 0. The summed E-state index contributed by atoms with van der Waals surface area (Å²) in [4.78, 5) is 13.3. The normalized spacial score (nSPS) is 23.2. The van der Waals surface area contributed by atoms with Crippen LogP contribution in [0.3, 0.4) is 0 Å². The molecule has 1 amide bonds. The molecule has 1 unspecified atom stereocenters. The van der Waals surface area contributed by atoms with Gasteiger partial charge in [0, 0.05) is 19.1 Å². The number of hydrogen-bond donors (Lipinski definition) is 1. The highest BCUT2D eigenvalue weighted by molar-refractivity contribution is 7.99. The number of carbonyl (C=O) groups is 1. The monoisotopic (exact) mass is 188 g/mol. The molecule has 0 aromatic rings. The molecule has 0 aliphatic carbocycles. The molecule has 12 heavy (non-hydrogen) atoms. The molecule has 0 aromatic carbocycles. The lowest BCUT2D eigenvalue weighted by Gasteiger charge is -2.14. The summed E-state index contributed by atoms with van der Waals surface area (Å²) in [6, 6.07) is 0.209. The van der Waals surface area contributed by atoms with Crippen molar-refractivity contribution in [1.82, 2.24) is 4.90 Å². The van der Waals surface area contributed by atoms with E-state index < -0.39 is 0 Å². The maximum atomic E-state index is 11.4. The van der Waals surface area contributed by atoms with Gasteiger partial charge in [-0.25, -0.2) is 0 Å². The fraction of sp³-hybridized carbons (Fsp3) is 0.875. The van der Waals surface area contributed by atoms with Crippen LogP contribution in [0.25, 0.3) is 0 Å². The molecule has 3 nitrogen and oxygen atoms in total. The molecule has 1 saturated heterocycles. The van der Waals surface area contributed by atoms with Gasteiger partial charge in [0.05, 0.1) is 5.75 Å². The maximum Gasteiger partial charge on any atom is 0.232 e. The van der Waals surface area contributed by atoms with Gasteiger partial charge in [0.25, 0.3) is 0 Å². The Hall–Kier alpha value is -0.220. The van der Waals surface area contributed by atoms with Crippen molar-refractivity contribution in [3.05, 3.63) is 0 Å². The Balaban J connectivity index is 2.23. The topological polar surface area (TPSA) is 46.3 Å². The highest BCUT2D eigenvalue weighted by Crippen LogP contribution is 2.09. The third-order valence-electron chi connectivity index (χ3n) is 2.01. The van der Waals surface area contributed by atoms with Crippen molar-refractivity contribution in [2.45, 2.75) is 19.4 Å². The molecule has 4 heteroatoms. The molecular formula is C8H16N2OS. The Bertz CT molecular complexity index is 163. The van der Waals surface area contributed by atoms with E-state index in [9.17, 15) is 4.79 Å². The number of thioether (sulfide) groups is 1. The zero-order valence-electron chi connectivity index (χ0n) is 7.45. The molecular weight excluding hydrogens is 172 g/mol. The predicted molar refractivity (Wildman–Crippen MR) is 52.2 cm³/mol. The van der Waals surface area contributed by atoms with E-state index in [1.54, 1.807) is 11.8 Å². The number of hydrogen-bond acceptors (Lipinski definition) is 3. The van der Waals surface area contributed by atoms with Gasteiger partial charge in [-0.3, -0.25) is 4.79 Å². The van der Waals surface area contributed by atoms with E-state index in [-0.39, 0.29) is 11.9 Å². The number of likely N-dealkylation sites (tertiary alicyclic amines) is 1. The Morgan fingerprint density at radius 3 is 3.00 bits per heavy atom. The van der Waals surface area contributed by atoms with E-state index in [0.29, 0.717) is 5.75 Å². The fourth-order valence-electron chi connectivity index (χ4n) is 1.29. The SMILES string of the molecule is CCSCC(=O)N1CCC(N)C1. The third-order valence-corrected chi connectivity index (χ3v) is 2.87. The first-order chi connectivity index (χ1) is 5.74. The lowest BCUT2D eigenvalue weighted by atomic mass is 10.3. The van der Waals surface area contributed by atoms with Gasteiger partial charge in [-0.15, -0.1) is 0 Å². The first kappa shape index (κ1) is 9.86. The first-order valence-corrected chi connectivity index (χ1v) is 5.50. The minimum absolute atomic E-state index is 0.209. The summed E-state index contributed by atoms with van der Waals surface area (Å²) >= 11 is 1.67. The average molecular weight is 188 g/mol. The highest BCUT2D eigenvalue weighted by Gasteiger charge is 2.22. The molecule has 1 heterocycles. The van der Waals surface area contributed by atoms with Gasteiger partial charge in [0.2, 0.25) is 5.91 Å². The fourth-order valence-corrected chi connectivity index (χ4v) is 1.86. The minimum atomic E-state index is 0.209. The summed E-state index contributed by atoms with van der Waals surface area (Å²) in [5, 5.41) is 0. The summed E-state index contributed by atoms with van der Waals surface area (Å²) in [6.07, 6.45) is 0.961. The predicted octanol–water partition coefficient (Wildman–Crippen LogP) is 0.299. The first-order valence-electron chi connectivity index (χ1n) is 4.35. The van der Waals surface area contributed by atoms with Crippen molar-refractivity contribution >= 4 is 17.7 Å². The number of amides is 1. The smallest absolute Gasteiger partial charge is 0.232 e. The number of carbonyl (C=O) groups excluding carboxylic acids is 1. The molecule has 0 bridgehead atoms. The Kier molecular flexibility index (Phi) is 3.88. The van der Waals surface area contributed by atoms with E-state index in [1.807, 2.05) is 4.90 Å². The second kappa shape index (κ2) is 4.72. The molecule has 1 atom stereocenters. The molecule has 0 aromatic heterocycles. The molecule has 1 fully saturated rings. The van der Waals surface area contributed by atoms with Crippen LogP contribution >= 0.6 is 11.8 Å². The van der Waals surface area contributed by atoms with Gasteiger partial charge in [-0.05, 0) is 12.2 Å². The Morgan fingerprint density at radius 1 is 1.75 bits per heavy atom. The lowest BCUT2D eigenvalue weighted by Crippen LogP contribution is -2.33. The molecule has 1 aliphatic heterocycles.